The molecule has 1 aliphatic heterocycles. The molecule has 1 aromatic heterocycles. The lowest BCUT2D eigenvalue weighted by atomic mass is 10.2. The van der Waals surface area contributed by atoms with Crippen LogP contribution in [0.25, 0.3) is 0 Å². The van der Waals surface area contributed by atoms with Crippen LogP contribution in [-0.4, -0.2) is 17.7 Å². The number of epoxide rings is 1. The summed E-state index contributed by atoms with van der Waals surface area (Å²) in [5.74, 6) is 0. The van der Waals surface area contributed by atoms with E-state index in [0.29, 0.717) is 6.10 Å². The predicted octanol–water partition coefficient (Wildman–Crippen LogP) is 0.956. The minimum absolute atomic E-state index is 0.515. The summed E-state index contributed by atoms with van der Waals surface area (Å²) in [7, 11) is 0. The zero-order valence-electron chi connectivity index (χ0n) is 5.13. The van der Waals surface area contributed by atoms with Crippen molar-refractivity contribution in [2.24, 2.45) is 0 Å². The smallest absolute Gasteiger partial charge is 0.0850 e. The highest BCUT2D eigenvalue weighted by Gasteiger charge is 2.22. The molecule has 0 amide bonds. The molecular weight excluding hydrogens is 114 g/mol. The predicted molar refractivity (Wildman–Crippen MR) is 34.2 cm³/mol. The highest BCUT2D eigenvalue weighted by Crippen LogP contribution is 2.14. The number of nitrogens with one attached hydrogen (secondary N) is 1. The third-order valence-corrected chi connectivity index (χ3v) is 1.53. The van der Waals surface area contributed by atoms with Gasteiger partial charge in [-0.05, 0) is 11.6 Å². The van der Waals surface area contributed by atoms with E-state index in [1.165, 1.54) is 5.56 Å². The summed E-state index contributed by atoms with van der Waals surface area (Å²) >= 11 is 0. The van der Waals surface area contributed by atoms with Crippen molar-refractivity contribution in [3.05, 3.63) is 24.0 Å². The van der Waals surface area contributed by atoms with Crippen LogP contribution in [0.3, 0.4) is 0 Å². The molecule has 1 fully saturated rings. The first kappa shape index (κ1) is 5.06. The van der Waals surface area contributed by atoms with Gasteiger partial charge in [0.25, 0.3) is 0 Å². The second-order valence-corrected chi connectivity index (χ2v) is 2.38. The highest BCUT2D eigenvalue weighted by atomic mass is 16.6. The van der Waals surface area contributed by atoms with E-state index in [0.717, 1.165) is 13.0 Å². The molecule has 1 N–H and O–H groups in total. The maximum absolute atomic E-state index is 5.07. The van der Waals surface area contributed by atoms with Gasteiger partial charge < -0.3 is 9.72 Å². The lowest BCUT2D eigenvalue weighted by Gasteiger charge is -1.86. The minimum Gasteiger partial charge on any atom is -0.373 e. The summed E-state index contributed by atoms with van der Waals surface area (Å²) in [4.78, 5) is 3.01. The van der Waals surface area contributed by atoms with Gasteiger partial charge >= 0.3 is 0 Å². The fourth-order valence-electron chi connectivity index (χ4n) is 0.934. The number of hydrogen-bond donors (Lipinski definition) is 1. The van der Waals surface area contributed by atoms with Gasteiger partial charge in [0.15, 0.2) is 0 Å². The molecule has 2 nitrogen and oxygen atoms in total. The number of hydrogen-bond acceptors (Lipinski definition) is 1. The van der Waals surface area contributed by atoms with Gasteiger partial charge in [0.05, 0.1) is 12.7 Å². The molecule has 2 heteroatoms. The first-order valence-corrected chi connectivity index (χ1v) is 3.18. The van der Waals surface area contributed by atoms with Crippen molar-refractivity contribution < 1.29 is 4.74 Å². The average Bonchev–Trinajstić information content (AvgIpc) is 2.46. The van der Waals surface area contributed by atoms with Crippen molar-refractivity contribution in [1.29, 1.82) is 0 Å². The Morgan fingerprint density at radius 1 is 1.78 bits per heavy atom. The van der Waals surface area contributed by atoms with E-state index < -0.39 is 0 Å². The van der Waals surface area contributed by atoms with Crippen molar-refractivity contribution in [2.75, 3.05) is 6.61 Å². The lowest BCUT2D eigenvalue weighted by molar-refractivity contribution is 0.407. The number of rotatable bonds is 2. The summed E-state index contributed by atoms with van der Waals surface area (Å²) in [6.07, 6.45) is 5.55. The van der Waals surface area contributed by atoms with Crippen LogP contribution in [0, 0.1) is 0 Å². The molecule has 0 spiro atoms. The standard InChI is InChI=1S/C7H9NO/c1-2-8-4-6(1)3-7-5-9-7/h1-2,4,7-8H,3,5H2. The third kappa shape index (κ3) is 1.13. The molecular formula is C7H9NO. The van der Waals surface area contributed by atoms with Crippen molar-refractivity contribution in [1.82, 2.24) is 4.98 Å². The normalized spacial score (nSPS) is 24.2. The molecule has 1 unspecified atom stereocenters. The number of aromatic amines is 1. The van der Waals surface area contributed by atoms with Gasteiger partial charge in [-0.3, -0.25) is 0 Å². The topological polar surface area (TPSA) is 28.3 Å². The van der Waals surface area contributed by atoms with E-state index in [-0.39, 0.29) is 0 Å². The Bertz CT molecular complexity index is 177. The van der Waals surface area contributed by atoms with E-state index in [9.17, 15) is 0 Å². The Kier molecular flexibility index (Phi) is 1.06. The molecule has 1 saturated heterocycles. The van der Waals surface area contributed by atoms with Crippen molar-refractivity contribution >= 4 is 0 Å². The average molecular weight is 123 g/mol. The van der Waals surface area contributed by atoms with Crippen molar-refractivity contribution in [3.8, 4) is 0 Å². The fraction of sp³-hybridized carbons (Fsp3) is 0.429. The largest absolute Gasteiger partial charge is 0.373 e. The van der Waals surface area contributed by atoms with Crippen LogP contribution in [-0.2, 0) is 11.2 Å². The number of ether oxygens (including phenoxy) is 1. The Morgan fingerprint density at radius 3 is 3.22 bits per heavy atom. The van der Waals surface area contributed by atoms with Crippen LogP contribution < -0.4 is 0 Å². The van der Waals surface area contributed by atoms with Gasteiger partial charge in [-0.25, -0.2) is 0 Å². The molecule has 0 aliphatic carbocycles. The van der Waals surface area contributed by atoms with Gasteiger partial charge in [0, 0.05) is 18.8 Å². The first-order valence-electron chi connectivity index (χ1n) is 3.18. The molecule has 1 atom stereocenters. The third-order valence-electron chi connectivity index (χ3n) is 1.53. The fourth-order valence-corrected chi connectivity index (χ4v) is 0.934. The zero-order valence-corrected chi connectivity index (χ0v) is 5.13. The highest BCUT2D eigenvalue weighted by molar-refractivity contribution is 5.10. The summed E-state index contributed by atoms with van der Waals surface area (Å²) < 4.78 is 5.07. The maximum atomic E-state index is 5.07. The Labute approximate surface area is 53.8 Å². The van der Waals surface area contributed by atoms with Crippen LogP contribution in [0.2, 0.25) is 0 Å². The van der Waals surface area contributed by atoms with Crippen LogP contribution in [0.1, 0.15) is 5.56 Å². The van der Waals surface area contributed by atoms with Crippen LogP contribution in [0.15, 0.2) is 18.5 Å². The summed E-state index contributed by atoms with van der Waals surface area (Å²) in [5, 5.41) is 0. The molecule has 2 rings (SSSR count). The molecule has 0 aromatic carbocycles. The molecule has 0 bridgehead atoms. The van der Waals surface area contributed by atoms with E-state index in [4.69, 9.17) is 4.74 Å². The van der Waals surface area contributed by atoms with Crippen molar-refractivity contribution in [3.63, 3.8) is 0 Å². The Balaban J connectivity index is 1.99. The lowest BCUT2D eigenvalue weighted by Crippen LogP contribution is -1.89. The molecule has 0 radical (unpaired) electrons. The van der Waals surface area contributed by atoms with E-state index >= 15 is 0 Å². The van der Waals surface area contributed by atoms with Gasteiger partial charge in [0.1, 0.15) is 0 Å². The maximum Gasteiger partial charge on any atom is 0.0850 e. The monoisotopic (exact) mass is 123 g/mol. The van der Waals surface area contributed by atoms with Gasteiger partial charge in [-0.15, -0.1) is 0 Å². The van der Waals surface area contributed by atoms with Crippen LogP contribution in [0.5, 0.6) is 0 Å². The van der Waals surface area contributed by atoms with E-state index in [1.807, 2.05) is 12.4 Å². The second kappa shape index (κ2) is 1.88. The van der Waals surface area contributed by atoms with Crippen LogP contribution in [0.4, 0.5) is 0 Å². The van der Waals surface area contributed by atoms with E-state index in [1.54, 1.807) is 0 Å². The second-order valence-electron chi connectivity index (χ2n) is 2.38. The number of aromatic nitrogens is 1. The molecule has 9 heavy (non-hydrogen) atoms. The van der Waals surface area contributed by atoms with Gasteiger partial charge in [-0.1, -0.05) is 0 Å². The molecule has 1 aromatic rings. The first-order chi connectivity index (χ1) is 4.45. The molecule has 1 aliphatic rings. The quantitative estimate of drug-likeness (QED) is 0.583. The summed E-state index contributed by atoms with van der Waals surface area (Å²) in [5.41, 5.74) is 1.34. The van der Waals surface area contributed by atoms with Gasteiger partial charge in [0.2, 0.25) is 0 Å². The Hall–Kier alpha value is -0.760. The Morgan fingerprint density at radius 2 is 2.67 bits per heavy atom. The SMILES string of the molecule is c1cc(CC2CO2)c[nH]1. The summed E-state index contributed by atoms with van der Waals surface area (Å²) in [6.45, 7) is 0.950. The summed E-state index contributed by atoms with van der Waals surface area (Å²) in [6, 6.07) is 2.08. The molecule has 48 valence electrons. The molecule has 2 heterocycles. The molecule has 0 saturated carbocycles. The minimum atomic E-state index is 0.515. The zero-order chi connectivity index (χ0) is 6.10. The number of H-pyrrole nitrogens is 1. The van der Waals surface area contributed by atoms with E-state index in [2.05, 4.69) is 11.1 Å². The van der Waals surface area contributed by atoms with Crippen molar-refractivity contribution in [2.45, 2.75) is 12.5 Å². The van der Waals surface area contributed by atoms with Crippen LogP contribution >= 0.6 is 0 Å². The van der Waals surface area contributed by atoms with Gasteiger partial charge in [-0.2, -0.15) is 0 Å².